The highest BCUT2D eigenvalue weighted by Gasteiger charge is 2.55. The molecule has 2 fully saturated rings. The van der Waals surface area contributed by atoms with Gasteiger partial charge in [0.25, 0.3) is 0 Å². The van der Waals surface area contributed by atoms with Gasteiger partial charge in [-0.1, -0.05) is 51.2 Å². The van der Waals surface area contributed by atoms with Gasteiger partial charge in [-0.05, 0) is 86.0 Å². The van der Waals surface area contributed by atoms with E-state index in [0.29, 0.717) is 22.6 Å². The molecule has 0 bridgehead atoms. The fourth-order valence-corrected chi connectivity index (χ4v) is 8.05. The molecule has 3 aromatic rings. The Hall–Kier alpha value is -2.97. The van der Waals surface area contributed by atoms with Crippen molar-refractivity contribution in [3.05, 3.63) is 64.8 Å². The molecule has 0 radical (unpaired) electrons. The first kappa shape index (κ1) is 28.6. The molecule has 2 heterocycles. The molecule has 3 unspecified atom stereocenters. The summed E-state index contributed by atoms with van der Waals surface area (Å²) in [6, 6.07) is 15.5. The molecule has 2 aliphatic rings. The number of nitrogens with two attached hydrogens (primary N) is 1. The molecule has 1 saturated heterocycles. The van der Waals surface area contributed by atoms with E-state index >= 15 is 0 Å². The number of nitrogen functional groups attached to an aromatic ring is 1. The SMILES string of the molecule is CCNC1CCN(c2ccc(Nc3nc(N)c(C4(c5cccc(F)c5)C(=O)C(C)CCC4C(C)C)s3)cc2)CC1. The lowest BCUT2D eigenvalue weighted by Crippen LogP contribution is -2.51. The Kier molecular flexibility index (Phi) is 8.47. The van der Waals surface area contributed by atoms with Crippen LogP contribution in [0.3, 0.4) is 0 Å². The summed E-state index contributed by atoms with van der Waals surface area (Å²) in [6.07, 6.45) is 3.99. The van der Waals surface area contributed by atoms with Crippen molar-refractivity contribution in [1.29, 1.82) is 0 Å². The van der Waals surface area contributed by atoms with E-state index in [9.17, 15) is 9.18 Å². The van der Waals surface area contributed by atoms with Crippen molar-refractivity contribution in [3.63, 3.8) is 0 Å². The van der Waals surface area contributed by atoms with Crippen LogP contribution in [0.1, 0.15) is 63.8 Å². The van der Waals surface area contributed by atoms with Gasteiger partial charge in [-0.2, -0.15) is 0 Å². The van der Waals surface area contributed by atoms with Crippen molar-refractivity contribution in [1.82, 2.24) is 10.3 Å². The van der Waals surface area contributed by atoms with Gasteiger partial charge in [0.15, 0.2) is 10.9 Å². The Morgan fingerprint density at radius 1 is 1.12 bits per heavy atom. The molecule has 1 saturated carbocycles. The third-order valence-corrected chi connectivity index (χ3v) is 9.99. The van der Waals surface area contributed by atoms with E-state index in [1.54, 1.807) is 6.07 Å². The Labute approximate surface area is 241 Å². The largest absolute Gasteiger partial charge is 0.383 e. The van der Waals surface area contributed by atoms with Gasteiger partial charge in [0.1, 0.15) is 11.6 Å². The lowest BCUT2D eigenvalue weighted by Gasteiger charge is -2.47. The molecule has 0 spiro atoms. The number of nitrogens with zero attached hydrogens (tertiary/aromatic N) is 2. The maximum absolute atomic E-state index is 14.6. The molecule has 6 nitrogen and oxygen atoms in total. The predicted molar refractivity (Wildman–Crippen MR) is 164 cm³/mol. The summed E-state index contributed by atoms with van der Waals surface area (Å²) in [7, 11) is 0. The summed E-state index contributed by atoms with van der Waals surface area (Å²) in [5, 5.41) is 7.62. The number of rotatable bonds is 8. The predicted octanol–water partition coefficient (Wildman–Crippen LogP) is 6.74. The number of hydrogen-bond acceptors (Lipinski definition) is 7. The molecule has 0 amide bonds. The lowest BCUT2D eigenvalue weighted by atomic mass is 9.55. The number of Topliss-reactive ketones (excluding diaryl/α,β-unsaturated/α-hetero) is 1. The van der Waals surface area contributed by atoms with Gasteiger partial charge in [0, 0.05) is 36.4 Å². The number of aromatic nitrogens is 1. The quantitative estimate of drug-likeness (QED) is 0.281. The summed E-state index contributed by atoms with van der Waals surface area (Å²) in [4.78, 5) is 22.0. The minimum Gasteiger partial charge on any atom is -0.383 e. The second-order valence-corrected chi connectivity index (χ2v) is 12.7. The van der Waals surface area contributed by atoms with Crippen molar-refractivity contribution in [2.24, 2.45) is 17.8 Å². The van der Waals surface area contributed by atoms with Crippen LogP contribution in [-0.4, -0.2) is 36.4 Å². The van der Waals surface area contributed by atoms with Gasteiger partial charge in [0.05, 0.1) is 10.3 Å². The van der Waals surface area contributed by atoms with Gasteiger partial charge in [0.2, 0.25) is 0 Å². The number of halogens is 1. The molecule has 1 aliphatic heterocycles. The standard InChI is InChI=1S/C32H42FN5OS/c1-5-35-24-15-17-38(18-16-24)26-12-10-25(11-13-26)36-31-37-30(34)29(40-31)32(22-7-6-8-23(33)19-22)27(20(2)3)14-9-21(4)28(32)39/h6-8,10-13,19-21,24,27,35H,5,9,14-18,34H2,1-4H3,(H,36,37). The molecule has 5 rings (SSSR count). The fourth-order valence-electron chi connectivity index (χ4n) is 6.86. The highest BCUT2D eigenvalue weighted by Crippen LogP contribution is 2.54. The number of carbonyl (C=O) groups is 1. The van der Waals surface area contributed by atoms with Crippen molar-refractivity contribution < 1.29 is 9.18 Å². The Balaban J connectivity index is 1.44. The van der Waals surface area contributed by atoms with E-state index in [0.717, 1.165) is 55.9 Å². The minimum absolute atomic E-state index is 0.00968. The Bertz CT molecular complexity index is 1320. The van der Waals surface area contributed by atoms with Crippen molar-refractivity contribution >= 4 is 39.4 Å². The molecule has 1 aliphatic carbocycles. The molecule has 1 aromatic heterocycles. The third kappa shape index (κ3) is 5.36. The number of ketones is 1. The van der Waals surface area contributed by atoms with Gasteiger partial charge < -0.3 is 21.3 Å². The number of nitrogens with one attached hydrogen (secondary N) is 2. The van der Waals surface area contributed by atoms with Crippen molar-refractivity contribution in [2.75, 3.05) is 35.6 Å². The smallest absolute Gasteiger partial charge is 0.189 e. The van der Waals surface area contributed by atoms with Gasteiger partial charge in [-0.3, -0.25) is 4.79 Å². The first-order chi connectivity index (χ1) is 19.2. The molecule has 40 heavy (non-hydrogen) atoms. The molecule has 8 heteroatoms. The summed E-state index contributed by atoms with van der Waals surface area (Å²) in [5.74, 6) is 0.138. The summed E-state index contributed by atoms with van der Waals surface area (Å²) in [6.45, 7) is 11.5. The Morgan fingerprint density at radius 2 is 1.85 bits per heavy atom. The molecule has 214 valence electrons. The lowest BCUT2D eigenvalue weighted by molar-refractivity contribution is -0.132. The fraction of sp³-hybridized carbons (Fsp3) is 0.500. The first-order valence-electron chi connectivity index (χ1n) is 14.7. The van der Waals surface area contributed by atoms with Crippen LogP contribution < -0.4 is 21.3 Å². The monoisotopic (exact) mass is 563 g/mol. The zero-order valence-corrected chi connectivity index (χ0v) is 24.9. The van der Waals surface area contributed by atoms with Crippen LogP contribution >= 0.6 is 11.3 Å². The zero-order chi connectivity index (χ0) is 28.4. The van der Waals surface area contributed by atoms with Crippen LogP contribution in [0.4, 0.5) is 26.7 Å². The highest BCUT2D eigenvalue weighted by molar-refractivity contribution is 7.16. The van der Waals surface area contributed by atoms with Crippen LogP contribution in [0.25, 0.3) is 0 Å². The van der Waals surface area contributed by atoms with E-state index in [1.165, 1.54) is 29.2 Å². The number of anilines is 4. The average molecular weight is 564 g/mol. The van der Waals surface area contributed by atoms with Crippen LogP contribution in [0.5, 0.6) is 0 Å². The number of hydrogen-bond donors (Lipinski definition) is 3. The second kappa shape index (κ2) is 11.9. The maximum Gasteiger partial charge on any atom is 0.189 e. The van der Waals surface area contributed by atoms with E-state index in [2.05, 4.69) is 65.6 Å². The maximum atomic E-state index is 14.6. The number of benzene rings is 2. The first-order valence-corrected chi connectivity index (χ1v) is 15.5. The van der Waals surface area contributed by atoms with E-state index in [1.807, 2.05) is 13.0 Å². The van der Waals surface area contributed by atoms with Crippen LogP contribution in [0.15, 0.2) is 48.5 Å². The average Bonchev–Trinajstić information content (AvgIpc) is 3.31. The highest BCUT2D eigenvalue weighted by atomic mass is 32.1. The molecule has 4 N–H and O–H groups in total. The van der Waals surface area contributed by atoms with Crippen molar-refractivity contribution in [3.8, 4) is 0 Å². The second-order valence-electron chi connectivity index (χ2n) is 11.7. The van der Waals surface area contributed by atoms with Crippen LogP contribution in [0.2, 0.25) is 0 Å². The number of thiazole rings is 1. The molecular weight excluding hydrogens is 521 g/mol. The minimum atomic E-state index is -1.03. The zero-order valence-electron chi connectivity index (χ0n) is 24.0. The summed E-state index contributed by atoms with van der Waals surface area (Å²) < 4.78 is 14.6. The van der Waals surface area contributed by atoms with Crippen LogP contribution in [0, 0.1) is 23.6 Å². The number of piperidine rings is 1. The van der Waals surface area contributed by atoms with Crippen LogP contribution in [-0.2, 0) is 10.2 Å². The Morgan fingerprint density at radius 3 is 2.50 bits per heavy atom. The molecular formula is C32H42FN5OS. The van der Waals surface area contributed by atoms with Crippen molar-refractivity contribution in [2.45, 2.75) is 64.8 Å². The normalized spacial score (nSPS) is 24.1. The molecule has 2 aromatic carbocycles. The van der Waals surface area contributed by atoms with Gasteiger partial charge >= 0.3 is 0 Å². The molecule has 3 atom stereocenters. The summed E-state index contributed by atoms with van der Waals surface area (Å²) >= 11 is 1.42. The van der Waals surface area contributed by atoms with Gasteiger partial charge in [-0.25, -0.2) is 9.37 Å². The third-order valence-electron chi connectivity index (χ3n) is 8.87. The summed E-state index contributed by atoms with van der Waals surface area (Å²) in [5.41, 5.74) is 8.38. The number of carbonyl (C=O) groups excluding carboxylic acids is 1. The topological polar surface area (TPSA) is 83.3 Å². The van der Waals surface area contributed by atoms with Gasteiger partial charge in [-0.15, -0.1) is 0 Å². The van der Waals surface area contributed by atoms with E-state index in [-0.39, 0.29) is 29.4 Å². The van der Waals surface area contributed by atoms with E-state index in [4.69, 9.17) is 5.73 Å². The van der Waals surface area contributed by atoms with E-state index < -0.39 is 5.41 Å².